The van der Waals surface area contributed by atoms with Crippen LogP contribution in [0.2, 0.25) is 0 Å². The summed E-state index contributed by atoms with van der Waals surface area (Å²) in [5.74, 6) is 0.169. The molecule has 0 N–H and O–H groups in total. The average molecular weight is 290 g/mol. The second-order valence-electron chi connectivity index (χ2n) is 5.21. The van der Waals surface area contributed by atoms with E-state index in [4.69, 9.17) is 11.6 Å². The molecule has 20 heavy (non-hydrogen) atoms. The molecular formula is C17H17ClFN. The van der Waals surface area contributed by atoms with Crippen LogP contribution in [0.1, 0.15) is 23.1 Å². The fourth-order valence-corrected chi connectivity index (χ4v) is 2.96. The zero-order valence-electron chi connectivity index (χ0n) is 11.3. The second kappa shape index (κ2) is 5.84. The molecule has 0 atom stereocenters. The molecule has 0 fully saturated rings. The molecule has 0 aliphatic carbocycles. The van der Waals surface area contributed by atoms with Crippen molar-refractivity contribution in [2.24, 2.45) is 0 Å². The summed E-state index contributed by atoms with van der Waals surface area (Å²) in [5, 5.41) is 0. The minimum absolute atomic E-state index is 0.178. The monoisotopic (exact) mass is 289 g/mol. The van der Waals surface area contributed by atoms with E-state index in [9.17, 15) is 4.39 Å². The quantitative estimate of drug-likeness (QED) is 0.735. The van der Waals surface area contributed by atoms with Crippen LogP contribution in [0, 0.1) is 5.82 Å². The van der Waals surface area contributed by atoms with Gasteiger partial charge in [0.15, 0.2) is 0 Å². The Morgan fingerprint density at radius 1 is 1.10 bits per heavy atom. The van der Waals surface area contributed by atoms with Crippen LogP contribution in [0.5, 0.6) is 0 Å². The first kappa shape index (κ1) is 13.4. The van der Waals surface area contributed by atoms with Crippen molar-refractivity contribution in [3.8, 4) is 0 Å². The van der Waals surface area contributed by atoms with Gasteiger partial charge in [-0.1, -0.05) is 30.3 Å². The first-order valence-corrected chi connectivity index (χ1v) is 7.47. The van der Waals surface area contributed by atoms with Crippen molar-refractivity contribution >= 4 is 17.3 Å². The van der Waals surface area contributed by atoms with Gasteiger partial charge in [0.1, 0.15) is 5.82 Å². The van der Waals surface area contributed by atoms with Crippen molar-refractivity contribution in [2.45, 2.75) is 25.3 Å². The third-order valence-corrected chi connectivity index (χ3v) is 4.17. The van der Waals surface area contributed by atoms with Crippen molar-refractivity contribution in [1.29, 1.82) is 0 Å². The molecule has 1 aliphatic heterocycles. The minimum atomic E-state index is -0.178. The van der Waals surface area contributed by atoms with Gasteiger partial charge in [-0.15, -0.1) is 11.6 Å². The predicted octanol–water partition coefficient (Wildman–Crippen LogP) is 4.52. The van der Waals surface area contributed by atoms with Gasteiger partial charge in [0.25, 0.3) is 0 Å². The van der Waals surface area contributed by atoms with Gasteiger partial charge in [0.2, 0.25) is 0 Å². The van der Waals surface area contributed by atoms with Crippen LogP contribution >= 0.6 is 11.6 Å². The normalized spacial score (nSPS) is 14.8. The van der Waals surface area contributed by atoms with E-state index < -0.39 is 0 Å². The third-order valence-electron chi connectivity index (χ3n) is 3.86. The highest BCUT2D eigenvalue weighted by Gasteiger charge is 2.17. The Hall–Kier alpha value is -1.54. The van der Waals surface area contributed by atoms with Crippen molar-refractivity contribution < 1.29 is 4.39 Å². The first-order valence-electron chi connectivity index (χ1n) is 6.94. The van der Waals surface area contributed by atoms with Crippen LogP contribution < -0.4 is 4.90 Å². The van der Waals surface area contributed by atoms with Gasteiger partial charge in [0.05, 0.1) is 5.69 Å². The van der Waals surface area contributed by atoms with Crippen LogP contribution in [0.4, 0.5) is 10.1 Å². The Balaban J connectivity index is 1.91. The maximum absolute atomic E-state index is 14.2. The van der Waals surface area contributed by atoms with Gasteiger partial charge in [-0.05, 0) is 41.7 Å². The number of aryl methyl sites for hydroxylation is 1. The highest BCUT2D eigenvalue weighted by Crippen LogP contribution is 2.27. The summed E-state index contributed by atoms with van der Waals surface area (Å²) in [7, 11) is 0. The topological polar surface area (TPSA) is 3.24 Å². The second-order valence-corrected chi connectivity index (χ2v) is 5.48. The van der Waals surface area contributed by atoms with Gasteiger partial charge in [-0.25, -0.2) is 4.39 Å². The van der Waals surface area contributed by atoms with E-state index in [-0.39, 0.29) is 5.82 Å². The molecule has 1 heterocycles. The van der Waals surface area contributed by atoms with Crippen LogP contribution in [-0.4, -0.2) is 6.54 Å². The van der Waals surface area contributed by atoms with Gasteiger partial charge in [-0.3, -0.25) is 0 Å². The molecule has 2 aromatic rings. The Morgan fingerprint density at radius 2 is 1.90 bits per heavy atom. The van der Waals surface area contributed by atoms with E-state index in [1.165, 1.54) is 11.1 Å². The molecule has 1 nitrogen and oxygen atoms in total. The largest absolute Gasteiger partial charge is 0.365 e. The number of rotatable bonds is 2. The molecular weight excluding hydrogens is 273 g/mol. The Morgan fingerprint density at radius 3 is 2.65 bits per heavy atom. The van der Waals surface area contributed by atoms with E-state index in [1.54, 1.807) is 6.07 Å². The Bertz CT molecular complexity index is 612. The number of hydrogen-bond acceptors (Lipinski definition) is 1. The molecule has 2 aromatic carbocycles. The van der Waals surface area contributed by atoms with Crippen LogP contribution in [0.3, 0.4) is 0 Å². The number of alkyl halides is 1. The van der Waals surface area contributed by atoms with Crippen molar-refractivity contribution in [1.82, 2.24) is 0 Å². The van der Waals surface area contributed by atoms with E-state index >= 15 is 0 Å². The average Bonchev–Trinajstić information content (AvgIpc) is 2.69. The summed E-state index contributed by atoms with van der Waals surface area (Å²) in [6.07, 6.45) is 2.11. The molecule has 1 aliphatic rings. The SMILES string of the molecule is Fc1cc(CCl)ccc1N1CCCc2ccccc2C1. The molecule has 0 spiro atoms. The lowest BCUT2D eigenvalue weighted by atomic mass is 10.0. The molecule has 0 saturated heterocycles. The molecule has 0 unspecified atom stereocenters. The molecule has 0 aromatic heterocycles. The van der Waals surface area contributed by atoms with Gasteiger partial charge < -0.3 is 4.90 Å². The van der Waals surface area contributed by atoms with Crippen molar-refractivity contribution in [3.05, 3.63) is 65.0 Å². The maximum Gasteiger partial charge on any atom is 0.146 e. The molecule has 0 radical (unpaired) electrons. The zero-order chi connectivity index (χ0) is 13.9. The van der Waals surface area contributed by atoms with Gasteiger partial charge >= 0.3 is 0 Å². The number of halogens is 2. The van der Waals surface area contributed by atoms with E-state index in [1.807, 2.05) is 12.1 Å². The summed E-state index contributed by atoms with van der Waals surface area (Å²) in [6, 6.07) is 13.7. The zero-order valence-corrected chi connectivity index (χ0v) is 12.0. The smallest absolute Gasteiger partial charge is 0.146 e. The highest BCUT2D eigenvalue weighted by atomic mass is 35.5. The molecule has 0 saturated carbocycles. The maximum atomic E-state index is 14.2. The molecule has 0 amide bonds. The molecule has 0 bridgehead atoms. The summed E-state index contributed by atoms with van der Waals surface area (Å²) in [6.45, 7) is 1.65. The summed E-state index contributed by atoms with van der Waals surface area (Å²) < 4.78 is 14.2. The lowest BCUT2D eigenvalue weighted by Crippen LogP contribution is -2.23. The lowest BCUT2D eigenvalue weighted by molar-refractivity contribution is 0.613. The van der Waals surface area contributed by atoms with Gasteiger partial charge in [-0.2, -0.15) is 0 Å². The lowest BCUT2D eigenvalue weighted by Gasteiger charge is -2.24. The number of benzene rings is 2. The van der Waals surface area contributed by atoms with E-state index in [0.717, 1.165) is 31.5 Å². The fourth-order valence-electron chi connectivity index (χ4n) is 2.80. The summed E-state index contributed by atoms with van der Waals surface area (Å²) >= 11 is 5.75. The van der Waals surface area contributed by atoms with Crippen molar-refractivity contribution in [3.63, 3.8) is 0 Å². The van der Waals surface area contributed by atoms with Crippen LogP contribution in [0.25, 0.3) is 0 Å². The first-order chi connectivity index (χ1) is 9.78. The number of fused-ring (bicyclic) bond motifs is 1. The van der Waals surface area contributed by atoms with Crippen LogP contribution in [0.15, 0.2) is 42.5 Å². The van der Waals surface area contributed by atoms with E-state index in [2.05, 4.69) is 29.2 Å². The number of hydrogen-bond donors (Lipinski definition) is 0. The van der Waals surface area contributed by atoms with Crippen molar-refractivity contribution in [2.75, 3.05) is 11.4 Å². The molecule has 3 heteroatoms. The number of nitrogens with zero attached hydrogens (tertiary/aromatic N) is 1. The minimum Gasteiger partial charge on any atom is -0.365 e. The molecule has 104 valence electrons. The Labute approximate surface area is 124 Å². The van der Waals surface area contributed by atoms with Gasteiger partial charge in [0, 0.05) is 19.0 Å². The summed E-state index contributed by atoms with van der Waals surface area (Å²) in [5.41, 5.74) is 4.18. The number of anilines is 1. The van der Waals surface area contributed by atoms with Crippen LogP contribution in [-0.2, 0) is 18.8 Å². The standard InChI is InChI=1S/C17H17ClFN/c18-11-13-7-8-17(16(19)10-13)20-9-3-6-14-4-1-2-5-15(14)12-20/h1-2,4-5,7-8,10H,3,6,9,11-12H2. The molecule has 3 rings (SSSR count). The fraction of sp³-hybridized carbons (Fsp3) is 0.294. The highest BCUT2D eigenvalue weighted by molar-refractivity contribution is 6.17. The third kappa shape index (κ3) is 2.66. The Kier molecular flexibility index (Phi) is 3.93. The van der Waals surface area contributed by atoms with E-state index in [0.29, 0.717) is 11.6 Å². The predicted molar refractivity (Wildman–Crippen MR) is 81.8 cm³/mol. The summed E-state index contributed by atoms with van der Waals surface area (Å²) in [4.78, 5) is 2.12.